The van der Waals surface area contributed by atoms with Gasteiger partial charge in [0.1, 0.15) is 0 Å². The third-order valence-electron chi connectivity index (χ3n) is 4.23. The Labute approximate surface area is 129 Å². The molecule has 0 saturated heterocycles. The molecule has 21 heavy (non-hydrogen) atoms. The van der Waals surface area contributed by atoms with Crippen LogP contribution in [-0.4, -0.2) is 32.0 Å². The summed E-state index contributed by atoms with van der Waals surface area (Å²) >= 11 is 0. The maximum atomic E-state index is 5.71. The van der Waals surface area contributed by atoms with E-state index in [2.05, 4.69) is 49.5 Å². The van der Waals surface area contributed by atoms with Gasteiger partial charge in [0.15, 0.2) is 0 Å². The second-order valence-corrected chi connectivity index (χ2v) is 6.30. The Kier molecular flexibility index (Phi) is 6.22. The lowest BCUT2D eigenvalue weighted by atomic mass is 9.83. The summed E-state index contributed by atoms with van der Waals surface area (Å²) in [4.78, 5) is 0. The lowest BCUT2D eigenvalue weighted by Gasteiger charge is -2.45. The molecule has 118 valence electrons. The van der Waals surface area contributed by atoms with Crippen LogP contribution >= 0.6 is 0 Å². The fourth-order valence-corrected chi connectivity index (χ4v) is 3.15. The lowest BCUT2D eigenvalue weighted by Crippen LogP contribution is -2.60. The fourth-order valence-electron chi connectivity index (χ4n) is 3.15. The fraction of sp³-hybridized carbons (Fsp3) is 0.667. The van der Waals surface area contributed by atoms with Gasteiger partial charge in [-0.1, -0.05) is 44.2 Å². The number of benzene rings is 1. The Bertz CT molecular complexity index is 407. The van der Waals surface area contributed by atoms with Crippen LogP contribution in [0.2, 0.25) is 0 Å². The Morgan fingerprint density at radius 3 is 2.52 bits per heavy atom. The zero-order valence-electron chi connectivity index (χ0n) is 13.7. The quantitative estimate of drug-likeness (QED) is 0.794. The van der Waals surface area contributed by atoms with E-state index < -0.39 is 0 Å². The standard InChI is InChI=1S/C18H29NO2/c1-5-21-17-12-16(18(17)20-4)19-15(11-13(2)3)14-9-7-6-8-10-14/h6-10,13,15-19H,5,11-12H2,1-4H3. The van der Waals surface area contributed by atoms with Gasteiger partial charge in [-0.2, -0.15) is 0 Å². The first-order chi connectivity index (χ1) is 10.2. The summed E-state index contributed by atoms with van der Waals surface area (Å²) in [6, 6.07) is 11.5. The number of methoxy groups -OCH3 is 1. The summed E-state index contributed by atoms with van der Waals surface area (Å²) in [7, 11) is 1.78. The van der Waals surface area contributed by atoms with Crippen molar-refractivity contribution >= 4 is 0 Å². The third kappa shape index (κ3) is 4.29. The van der Waals surface area contributed by atoms with E-state index in [4.69, 9.17) is 9.47 Å². The molecule has 3 heteroatoms. The summed E-state index contributed by atoms with van der Waals surface area (Å²) in [6.07, 6.45) is 2.58. The van der Waals surface area contributed by atoms with Crippen molar-refractivity contribution in [2.75, 3.05) is 13.7 Å². The Morgan fingerprint density at radius 1 is 1.24 bits per heavy atom. The summed E-state index contributed by atoms with van der Waals surface area (Å²) < 4.78 is 11.3. The van der Waals surface area contributed by atoms with E-state index in [1.54, 1.807) is 7.11 Å². The van der Waals surface area contributed by atoms with Gasteiger partial charge in [-0.15, -0.1) is 0 Å². The first-order valence-electron chi connectivity index (χ1n) is 8.11. The van der Waals surface area contributed by atoms with Crippen LogP contribution in [0.25, 0.3) is 0 Å². The van der Waals surface area contributed by atoms with Crippen molar-refractivity contribution < 1.29 is 9.47 Å². The van der Waals surface area contributed by atoms with Gasteiger partial charge in [0.2, 0.25) is 0 Å². The van der Waals surface area contributed by atoms with Crippen molar-refractivity contribution in [2.45, 2.75) is 57.9 Å². The van der Waals surface area contributed by atoms with Crippen LogP contribution < -0.4 is 5.32 Å². The average Bonchev–Trinajstić information content (AvgIpc) is 2.46. The van der Waals surface area contributed by atoms with Crippen LogP contribution in [0.4, 0.5) is 0 Å². The predicted molar refractivity (Wildman–Crippen MR) is 86.4 cm³/mol. The molecule has 0 heterocycles. The van der Waals surface area contributed by atoms with Crippen molar-refractivity contribution in [1.29, 1.82) is 0 Å². The van der Waals surface area contributed by atoms with E-state index in [0.717, 1.165) is 19.4 Å². The number of nitrogens with one attached hydrogen (secondary N) is 1. The third-order valence-corrected chi connectivity index (χ3v) is 4.23. The maximum Gasteiger partial charge on any atom is 0.0987 e. The molecule has 1 aliphatic carbocycles. The molecule has 1 aliphatic rings. The van der Waals surface area contributed by atoms with Gasteiger partial charge in [0.25, 0.3) is 0 Å². The highest BCUT2D eigenvalue weighted by Crippen LogP contribution is 2.31. The molecule has 1 N–H and O–H groups in total. The van der Waals surface area contributed by atoms with E-state index in [1.807, 2.05) is 6.92 Å². The number of rotatable bonds is 8. The van der Waals surface area contributed by atoms with Crippen LogP contribution in [0.1, 0.15) is 45.2 Å². The first-order valence-corrected chi connectivity index (χ1v) is 8.11. The van der Waals surface area contributed by atoms with E-state index in [0.29, 0.717) is 18.0 Å². The van der Waals surface area contributed by atoms with Crippen LogP contribution in [-0.2, 0) is 9.47 Å². The lowest BCUT2D eigenvalue weighted by molar-refractivity contribution is -0.133. The van der Waals surface area contributed by atoms with Crippen LogP contribution in [0.3, 0.4) is 0 Å². The van der Waals surface area contributed by atoms with Crippen molar-refractivity contribution in [3.05, 3.63) is 35.9 Å². The summed E-state index contributed by atoms with van der Waals surface area (Å²) in [5, 5.41) is 3.79. The highest BCUT2D eigenvalue weighted by Gasteiger charge is 2.42. The molecule has 1 aromatic carbocycles. The summed E-state index contributed by atoms with van der Waals surface area (Å²) in [5.74, 6) is 0.659. The highest BCUT2D eigenvalue weighted by atomic mass is 16.5. The number of hydrogen-bond acceptors (Lipinski definition) is 3. The molecule has 4 atom stereocenters. The van der Waals surface area contributed by atoms with Crippen molar-refractivity contribution in [3.8, 4) is 0 Å². The van der Waals surface area contributed by atoms with Crippen LogP contribution in [0.15, 0.2) is 30.3 Å². The topological polar surface area (TPSA) is 30.5 Å². The van der Waals surface area contributed by atoms with Crippen molar-refractivity contribution in [3.63, 3.8) is 0 Å². The van der Waals surface area contributed by atoms with Gasteiger partial charge in [0.05, 0.1) is 12.2 Å². The SMILES string of the molecule is CCOC1CC(NC(CC(C)C)c2ccccc2)C1OC. The second kappa shape index (κ2) is 7.92. The first kappa shape index (κ1) is 16.5. The minimum absolute atomic E-state index is 0.170. The summed E-state index contributed by atoms with van der Waals surface area (Å²) in [6.45, 7) is 7.34. The van der Waals surface area contributed by atoms with Gasteiger partial charge in [0, 0.05) is 25.8 Å². The number of hydrogen-bond donors (Lipinski definition) is 1. The smallest absolute Gasteiger partial charge is 0.0987 e. The molecule has 4 unspecified atom stereocenters. The maximum absolute atomic E-state index is 5.71. The largest absolute Gasteiger partial charge is 0.377 e. The Balaban J connectivity index is 1.99. The van der Waals surface area contributed by atoms with Gasteiger partial charge >= 0.3 is 0 Å². The van der Waals surface area contributed by atoms with Crippen LogP contribution in [0, 0.1) is 5.92 Å². The highest BCUT2D eigenvalue weighted by molar-refractivity contribution is 5.19. The van der Waals surface area contributed by atoms with E-state index >= 15 is 0 Å². The minimum atomic E-state index is 0.170. The van der Waals surface area contributed by atoms with Gasteiger partial charge in [-0.3, -0.25) is 0 Å². The number of ether oxygens (including phenoxy) is 2. The van der Waals surface area contributed by atoms with E-state index in [1.165, 1.54) is 5.56 Å². The minimum Gasteiger partial charge on any atom is -0.377 e. The van der Waals surface area contributed by atoms with Crippen molar-refractivity contribution in [2.24, 2.45) is 5.92 Å². The van der Waals surface area contributed by atoms with E-state index in [9.17, 15) is 0 Å². The van der Waals surface area contributed by atoms with Crippen molar-refractivity contribution in [1.82, 2.24) is 5.32 Å². The molecule has 0 spiro atoms. The molecule has 1 saturated carbocycles. The molecular weight excluding hydrogens is 262 g/mol. The molecule has 0 bridgehead atoms. The molecule has 1 fully saturated rings. The van der Waals surface area contributed by atoms with Crippen LogP contribution in [0.5, 0.6) is 0 Å². The Hall–Kier alpha value is -0.900. The molecule has 2 rings (SSSR count). The Morgan fingerprint density at radius 2 is 1.95 bits per heavy atom. The zero-order valence-corrected chi connectivity index (χ0v) is 13.7. The molecule has 1 aromatic rings. The zero-order chi connectivity index (χ0) is 15.2. The predicted octanol–water partition coefficient (Wildman–Crippen LogP) is 3.56. The van der Waals surface area contributed by atoms with Gasteiger partial charge in [-0.05, 0) is 31.2 Å². The monoisotopic (exact) mass is 291 g/mol. The molecule has 0 aliphatic heterocycles. The van der Waals surface area contributed by atoms with Gasteiger partial charge in [-0.25, -0.2) is 0 Å². The molecule has 3 nitrogen and oxygen atoms in total. The second-order valence-electron chi connectivity index (χ2n) is 6.30. The van der Waals surface area contributed by atoms with Gasteiger partial charge < -0.3 is 14.8 Å². The average molecular weight is 291 g/mol. The van der Waals surface area contributed by atoms with E-state index in [-0.39, 0.29) is 12.2 Å². The normalized spacial score (nSPS) is 26.6. The summed E-state index contributed by atoms with van der Waals surface area (Å²) in [5.41, 5.74) is 1.36. The molecule has 0 amide bonds. The molecular formula is C18H29NO2. The molecule has 0 radical (unpaired) electrons. The molecule has 0 aromatic heterocycles.